The zero-order valence-electron chi connectivity index (χ0n) is 19.1. The number of aryl methyl sites for hydroxylation is 1. The molecule has 0 saturated heterocycles. The summed E-state index contributed by atoms with van der Waals surface area (Å²) >= 11 is 0. The van der Waals surface area contributed by atoms with Crippen molar-refractivity contribution in [1.82, 2.24) is 10.2 Å². The van der Waals surface area contributed by atoms with Crippen molar-refractivity contribution in [3.63, 3.8) is 0 Å². The highest BCUT2D eigenvalue weighted by Crippen LogP contribution is 2.15. The van der Waals surface area contributed by atoms with E-state index in [1.165, 1.54) is 69.8 Å². The van der Waals surface area contributed by atoms with Gasteiger partial charge in [-0.05, 0) is 58.0 Å². The molecule has 0 heterocycles. The molecule has 3 heteroatoms. The second-order valence-corrected chi connectivity index (χ2v) is 8.52. The van der Waals surface area contributed by atoms with Gasteiger partial charge in [0.15, 0.2) is 0 Å². The van der Waals surface area contributed by atoms with Crippen LogP contribution in [0.15, 0.2) is 24.3 Å². The van der Waals surface area contributed by atoms with Crippen LogP contribution in [0.5, 0.6) is 5.75 Å². The number of ether oxygens (including phenoxy) is 1. The lowest BCUT2D eigenvalue weighted by molar-refractivity contribution is 0.304. The summed E-state index contributed by atoms with van der Waals surface area (Å²) in [7, 11) is 4.23. The van der Waals surface area contributed by atoms with Crippen LogP contribution in [0.2, 0.25) is 0 Å². The first-order valence-corrected chi connectivity index (χ1v) is 11.7. The Labute approximate surface area is 175 Å². The summed E-state index contributed by atoms with van der Waals surface area (Å²) in [5.41, 5.74) is 1.40. The summed E-state index contributed by atoms with van der Waals surface area (Å²) in [5, 5.41) is 3.59. The predicted octanol–water partition coefficient (Wildman–Crippen LogP) is 6.07. The molecule has 0 radical (unpaired) electrons. The van der Waals surface area contributed by atoms with Gasteiger partial charge in [-0.15, -0.1) is 0 Å². The predicted molar refractivity (Wildman–Crippen MR) is 124 cm³/mol. The Morgan fingerprint density at radius 3 is 2.11 bits per heavy atom. The molecule has 162 valence electrons. The topological polar surface area (TPSA) is 24.5 Å². The quantitative estimate of drug-likeness (QED) is 0.308. The summed E-state index contributed by atoms with van der Waals surface area (Å²) < 4.78 is 5.90. The highest BCUT2D eigenvalue weighted by atomic mass is 16.5. The molecule has 28 heavy (non-hydrogen) atoms. The number of nitrogens with one attached hydrogen (secondary N) is 1. The Hall–Kier alpha value is -1.06. The van der Waals surface area contributed by atoms with E-state index in [1.54, 1.807) is 0 Å². The van der Waals surface area contributed by atoms with Crippen LogP contribution in [0, 0.1) is 0 Å². The minimum absolute atomic E-state index is 0.558. The number of hydrogen-bond donors (Lipinski definition) is 1. The zero-order chi connectivity index (χ0) is 20.5. The SMILES string of the molecule is CCCCCCCCCCCOc1ccc(CCC(C)NCCN(C)C)cc1. The van der Waals surface area contributed by atoms with Crippen LogP contribution >= 0.6 is 0 Å². The van der Waals surface area contributed by atoms with E-state index in [-0.39, 0.29) is 0 Å². The highest BCUT2D eigenvalue weighted by molar-refractivity contribution is 5.27. The molecule has 0 spiro atoms. The van der Waals surface area contributed by atoms with Crippen molar-refractivity contribution < 1.29 is 4.74 Å². The van der Waals surface area contributed by atoms with Gasteiger partial charge in [-0.25, -0.2) is 0 Å². The van der Waals surface area contributed by atoms with Gasteiger partial charge in [0.1, 0.15) is 5.75 Å². The number of benzene rings is 1. The molecular weight excluding hydrogens is 344 g/mol. The summed E-state index contributed by atoms with van der Waals surface area (Å²) in [5.74, 6) is 1.01. The molecule has 3 nitrogen and oxygen atoms in total. The summed E-state index contributed by atoms with van der Waals surface area (Å²) in [6.07, 6.45) is 14.5. The van der Waals surface area contributed by atoms with Crippen LogP contribution in [-0.4, -0.2) is 44.7 Å². The van der Waals surface area contributed by atoms with Gasteiger partial charge in [-0.2, -0.15) is 0 Å². The first-order chi connectivity index (χ1) is 13.6. The zero-order valence-corrected chi connectivity index (χ0v) is 19.1. The van der Waals surface area contributed by atoms with E-state index in [1.807, 2.05) is 0 Å². The van der Waals surface area contributed by atoms with Gasteiger partial charge in [0.2, 0.25) is 0 Å². The van der Waals surface area contributed by atoms with E-state index >= 15 is 0 Å². The van der Waals surface area contributed by atoms with Crippen LogP contribution < -0.4 is 10.1 Å². The normalized spacial score (nSPS) is 12.5. The fourth-order valence-corrected chi connectivity index (χ4v) is 3.37. The Balaban J connectivity index is 2.04. The second-order valence-electron chi connectivity index (χ2n) is 8.52. The summed E-state index contributed by atoms with van der Waals surface area (Å²) in [6.45, 7) is 7.55. The molecule has 1 unspecified atom stereocenters. The number of unbranched alkanes of at least 4 members (excludes halogenated alkanes) is 8. The average molecular weight is 391 g/mol. The van der Waals surface area contributed by atoms with Crippen LogP contribution in [0.3, 0.4) is 0 Å². The molecule has 0 fully saturated rings. The molecule has 0 aliphatic carbocycles. The second kappa shape index (κ2) is 16.9. The molecule has 1 atom stereocenters. The summed E-state index contributed by atoms with van der Waals surface area (Å²) in [4.78, 5) is 2.22. The molecule has 1 aromatic carbocycles. The van der Waals surface area contributed by atoms with Crippen molar-refractivity contribution in [2.24, 2.45) is 0 Å². The van der Waals surface area contributed by atoms with Crippen molar-refractivity contribution >= 4 is 0 Å². The molecule has 0 saturated carbocycles. The van der Waals surface area contributed by atoms with E-state index < -0.39 is 0 Å². The Morgan fingerprint density at radius 2 is 1.50 bits per heavy atom. The van der Waals surface area contributed by atoms with Crippen molar-refractivity contribution in [2.75, 3.05) is 33.8 Å². The minimum atomic E-state index is 0.558. The third-order valence-electron chi connectivity index (χ3n) is 5.36. The van der Waals surface area contributed by atoms with Crippen LogP contribution in [-0.2, 0) is 6.42 Å². The molecule has 0 bridgehead atoms. The number of nitrogens with zero attached hydrogens (tertiary/aromatic N) is 1. The van der Waals surface area contributed by atoms with Crippen LogP contribution in [0.1, 0.15) is 83.6 Å². The van der Waals surface area contributed by atoms with Crippen molar-refractivity contribution in [3.8, 4) is 5.75 Å². The summed E-state index contributed by atoms with van der Waals surface area (Å²) in [6, 6.07) is 9.26. The molecule has 0 amide bonds. The van der Waals surface area contributed by atoms with E-state index in [0.717, 1.165) is 31.9 Å². The number of hydrogen-bond acceptors (Lipinski definition) is 3. The molecule has 0 aromatic heterocycles. The molecule has 1 rings (SSSR count). The van der Waals surface area contributed by atoms with Crippen molar-refractivity contribution in [3.05, 3.63) is 29.8 Å². The lowest BCUT2D eigenvalue weighted by Crippen LogP contribution is -2.33. The van der Waals surface area contributed by atoms with E-state index in [0.29, 0.717) is 6.04 Å². The molecule has 1 N–H and O–H groups in total. The lowest BCUT2D eigenvalue weighted by Gasteiger charge is -2.16. The smallest absolute Gasteiger partial charge is 0.119 e. The minimum Gasteiger partial charge on any atom is -0.494 e. The van der Waals surface area contributed by atoms with E-state index in [9.17, 15) is 0 Å². The Kier molecular flexibility index (Phi) is 15.0. The monoisotopic (exact) mass is 390 g/mol. The van der Waals surface area contributed by atoms with Crippen molar-refractivity contribution in [1.29, 1.82) is 0 Å². The molecular formula is C25H46N2O. The largest absolute Gasteiger partial charge is 0.494 e. The van der Waals surface area contributed by atoms with Crippen LogP contribution in [0.25, 0.3) is 0 Å². The van der Waals surface area contributed by atoms with Gasteiger partial charge in [0, 0.05) is 19.1 Å². The third kappa shape index (κ3) is 14.0. The maximum absolute atomic E-state index is 5.90. The van der Waals surface area contributed by atoms with Gasteiger partial charge < -0.3 is 15.0 Å². The van der Waals surface area contributed by atoms with E-state index in [2.05, 4.69) is 62.4 Å². The first kappa shape index (κ1) is 25.0. The Bertz CT molecular complexity index is 458. The highest BCUT2D eigenvalue weighted by Gasteiger charge is 2.03. The maximum atomic E-state index is 5.90. The van der Waals surface area contributed by atoms with Gasteiger partial charge >= 0.3 is 0 Å². The standard InChI is InChI=1S/C25H46N2O/c1-5-6-7-8-9-10-11-12-13-22-28-25-18-16-24(17-19-25)15-14-23(2)26-20-21-27(3)4/h16-19,23,26H,5-15,20-22H2,1-4H3. The maximum Gasteiger partial charge on any atom is 0.119 e. The first-order valence-electron chi connectivity index (χ1n) is 11.7. The molecule has 0 aliphatic rings. The van der Waals surface area contributed by atoms with Gasteiger partial charge in [0.25, 0.3) is 0 Å². The van der Waals surface area contributed by atoms with Gasteiger partial charge in [-0.3, -0.25) is 0 Å². The van der Waals surface area contributed by atoms with E-state index in [4.69, 9.17) is 4.74 Å². The number of rotatable bonds is 18. The molecule has 0 aliphatic heterocycles. The lowest BCUT2D eigenvalue weighted by atomic mass is 10.1. The Morgan fingerprint density at radius 1 is 0.893 bits per heavy atom. The third-order valence-corrected chi connectivity index (χ3v) is 5.36. The van der Waals surface area contributed by atoms with Crippen LogP contribution in [0.4, 0.5) is 0 Å². The fraction of sp³-hybridized carbons (Fsp3) is 0.760. The average Bonchev–Trinajstić information content (AvgIpc) is 2.68. The van der Waals surface area contributed by atoms with Gasteiger partial charge in [0.05, 0.1) is 6.61 Å². The molecule has 1 aromatic rings. The fourth-order valence-electron chi connectivity index (χ4n) is 3.37. The van der Waals surface area contributed by atoms with Gasteiger partial charge in [-0.1, -0.05) is 70.4 Å². The number of likely N-dealkylation sites (N-methyl/N-ethyl adjacent to an activating group) is 1. The van der Waals surface area contributed by atoms with Crippen molar-refractivity contribution in [2.45, 2.75) is 90.5 Å².